The highest BCUT2D eigenvalue weighted by atomic mass is 19.1. The Morgan fingerprint density at radius 1 is 1.19 bits per heavy atom. The van der Waals surface area contributed by atoms with Crippen LogP contribution in [-0.4, -0.2) is 33.7 Å². The van der Waals surface area contributed by atoms with Gasteiger partial charge in [-0.1, -0.05) is 30.3 Å². The van der Waals surface area contributed by atoms with E-state index in [1.54, 1.807) is 23.0 Å². The van der Waals surface area contributed by atoms with Crippen molar-refractivity contribution >= 4 is 17.4 Å². The van der Waals surface area contributed by atoms with Crippen LogP contribution in [0.15, 0.2) is 60.8 Å². The van der Waals surface area contributed by atoms with Crippen LogP contribution in [0.3, 0.4) is 0 Å². The zero-order chi connectivity index (χ0) is 22.6. The number of anilines is 2. The molecule has 8 heteroatoms. The maximum absolute atomic E-state index is 13.5. The fourth-order valence-corrected chi connectivity index (χ4v) is 4.20. The molecule has 2 heterocycles. The summed E-state index contributed by atoms with van der Waals surface area (Å²) in [4.78, 5) is 14.3. The van der Waals surface area contributed by atoms with Gasteiger partial charge in [-0.15, -0.1) is 0 Å². The Balaban J connectivity index is 1.55. The molecule has 2 aromatic carbocycles. The first-order valence-corrected chi connectivity index (χ1v) is 10.5. The fraction of sp³-hybridized carbons (Fsp3) is 0.292. The van der Waals surface area contributed by atoms with Crippen molar-refractivity contribution in [3.63, 3.8) is 0 Å². The summed E-state index contributed by atoms with van der Waals surface area (Å²) in [5, 5.41) is 17.3. The summed E-state index contributed by atoms with van der Waals surface area (Å²) in [5.41, 5.74) is 7.07. The number of hydrogen-bond acceptors (Lipinski definition) is 5. The highest BCUT2D eigenvalue weighted by molar-refractivity contribution is 5.98. The number of carbonyl (C=O) groups is 1. The molecule has 0 saturated carbocycles. The molecule has 32 heavy (non-hydrogen) atoms. The van der Waals surface area contributed by atoms with Crippen LogP contribution < -0.4 is 11.1 Å². The molecule has 4 rings (SSSR count). The van der Waals surface area contributed by atoms with Crippen molar-refractivity contribution in [2.45, 2.75) is 31.3 Å². The van der Waals surface area contributed by atoms with Crippen LogP contribution in [0.1, 0.15) is 35.2 Å². The first-order chi connectivity index (χ1) is 15.5. The number of nitrogens with two attached hydrogens (primary N) is 1. The van der Waals surface area contributed by atoms with Crippen molar-refractivity contribution in [2.24, 2.45) is 5.73 Å². The molecule has 1 amide bonds. The Morgan fingerprint density at radius 2 is 1.94 bits per heavy atom. The van der Waals surface area contributed by atoms with E-state index in [-0.39, 0.29) is 17.8 Å². The van der Waals surface area contributed by atoms with Gasteiger partial charge in [0.25, 0.3) is 5.91 Å². The number of rotatable bonds is 7. The van der Waals surface area contributed by atoms with Gasteiger partial charge in [0.2, 0.25) is 0 Å². The first kappa shape index (κ1) is 21.5. The number of aromatic nitrogens is 2. The number of piperidine rings is 1. The standard InChI is InChI=1S/C24H25FN6O/c25-19-6-4-5-18(15-19)16-30-13-10-24(9-12-26,11-14-30)31-17-21(22(27)32)23(29-31)28-20-7-2-1-3-8-20/h1-8,15,17H,9-11,13-14,16H2,(H2,27,32)(H,28,29). The number of primary amides is 1. The van der Waals surface area contributed by atoms with Crippen LogP contribution in [0.2, 0.25) is 0 Å². The number of carbonyl (C=O) groups excluding carboxylic acids is 1. The lowest BCUT2D eigenvalue weighted by Crippen LogP contribution is -2.46. The predicted octanol–water partition coefficient (Wildman–Crippen LogP) is 3.77. The van der Waals surface area contributed by atoms with E-state index in [1.165, 1.54) is 6.07 Å². The van der Waals surface area contributed by atoms with Crippen LogP contribution in [0.4, 0.5) is 15.9 Å². The topological polar surface area (TPSA) is 100.0 Å². The Kier molecular flexibility index (Phi) is 6.19. The molecule has 1 saturated heterocycles. The lowest BCUT2D eigenvalue weighted by Gasteiger charge is -2.40. The second-order valence-electron chi connectivity index (χ2n) is 8.16. The van der Waals surface area contributed by atoms with Gasteiger partial charge in [-0.3, -0.25) is 14.4 Å². The van der Waals surface area contributed by atoms with Gasteiger partial charge in [-0.25, -0.2) is 4.39 Å². The van der Waals surface area contributed by atoms with Gasteiger partial charge in [0, 0.05) is 31.5 Å². The largest absolute Gasteiger partial charge is 0.365 e. The summed E-state index contributed by atoms with van der Waals surface area (Å²) in [7, 11) is 0. The van der Waals surface area contributed by atoms with Crippen LogP contribution >= 0.6 is 0 Å². The third kappa shape index (κ3) is 4.63. The van der Waals surface area contributed by atoms with Gasteiger partial charge in [0.15, 0.2) is 5.82 Å². The molecule has 3 N–H and O–H groups in total. The van der Waals surface area contributed by atoms with Gasteiger partial charge in [0.1, 0.15) is 11.4 Å². The normalized spacial score (nSPS) is 15.8. The van der Waals surface area contributed by atoms with Gasteiger partial charge in [-0.05, 0) is 42.7 Å². The van der Waals surface area contributed by atoms with E-state index in [1.807, 2.05) is 36.4 Å². The Hall–Kier alpha value is -3.70. The maximum Gasteiger partial charge on any atom is 0.254 e. The second kappa shape index (κ2) is 9.20. The van der Waals surface area contributed by atoms with Crippen molar-refractivity contribution in [2.75, 3.05) is 18.4 Å². The molecule has 7 nitrogen and oxygen atoms in total. The number of nitrogens with zero attached hydrogens (tertiary/aromatic N) is 4. The molecule has 1 aliphatic rings. The van der Waals surface area contributed by atoms with E-state index in [2.05, 4.69) is 21.4 Å². The maximum atomic E-state index is 13.5. The smallest absolute Gasteiger partial charge is 0.254 e. The number of likely N-dealkylation sites (tertiary alicyclic amines) is 1. The van der Waals surface area contributed by atoms with Crippen LogP contribution in [0, 0.1) is 17.1 Å². The van der Waals surface area contributed by atoms with E-state index < -0.39 is 11.4 Å². The average Bonchev–Trinajstić information content (AvgIpc) is 3.21. The van der Waals surface area contributed by atoms with Crippen molar-refractivity contribution in [3.8, 4) is 6.07 Å². The molecule has 1 aliphatic heterocycles. The monoisotopic (exact) mass is 432 g/mol. The number of halogens is 1. The van der Waals surface area contributed by atoms with Gasteiger partial charge >= 0.3 is 0 Å². The van der Waals surface area contributed by atoms with Crippen molar-refractivity contribution < 1.29 is 9.18 Å². The van der Waals surface area contributed by atoms with E-state index in [4.69, 9.17) is 5.73 Å². The Morgan fingerprint density at radius 3 is 2.59 bits per heavy atom. The predicted molar refractivity (Wildman–Crippen MR) is 120 cm³/mol. The summed E-state index contributed by atoms with van der Waals surface area (Å²) < 4.78 is 15.3. The summed E-state index contributed by atoms with van der Waals surface area (Å²) in [6.07, 6.45) is 3.28. The van der Waals surface area contributed by atoms with E-state index in [0.29, 0.717) is 25.2 Å². The second-order valence-corrected chi connectivity index (χ2v) is 8.16. The lowest BCUT2D eigenvalue weighted by molar-refractivity contribution is 0.0966. The van der Waals surface area contributed by atoms with Crippen molar-refractivity contribution in [1.29, 1.82) is 5.26 Å². The number of nitriles is 1. The SMILES string of the molecule is N#CCC1(n2cc(C(N)=O)c(Nc3ccccc3)n2)CCN(Cc2cccc(F)c2)CC1. The quantitative estimate of drug-likeness (QED) is 0.592. The number of para-hydroxylation sites is 1. The van der Waals surface area contributed by atoms with Gasteiger partial charge in [-0.2, -0.15) is 10.4 Å². The Bertz CT molecular complexity index is 1130. The van der Waals surface area contributed by atoms with E-state index in [9.17, 15) is 14.4 Å². The van der Waals surface area contributed by atoms with E-state index in [0.717, 1.165) is 24.3 Å². The molecule has 0 radical (unpaired) electrons. The summed E-state index contributed by atoms with van der Waals surface area (Å²) in [6.45, 7) is 2.10. The lowest BCUT2D eigenvalue weighted by atomic mass is 9.84. The minimum absolute atomic E-state index is 0.243. The highest BCUT2D eigenvalue weighted by Gasteiger charge is 2.38. The zero-order valence-corrected chi connectivity index (χ0v) is 17.7. The molecule has 0 aliphatic carbocycles. The average molecular weight is 433 g/mol. The third-order valence-corrected chi connectivity index (χ3v) is 5.99. The minimum Gasteiger partial charge on any atom is -0.365 e. The van der Waals surface area contributed by atoms with Crippen LogP contribution in [0.25, 0.3) is 0 Å². The van der Waals surface area contributed by atoms with Crippen LogP contribution in [0.5, 0.6) is 0 Å². The molecular weight excluding hydrogens is 407 g/mol. The minimum atomic E-state index is -0.578. The summed E-state index contributed by atoms with van der Waals surface area (Å²) in [5.74, 6) is -0.444. The van der Waals surface area contributed by atoms with Gasteiger partial charge in [0.05, 0.1) is 18.0 Å². The molecule has 0 bridgehead atoms. The van der Waals surface area contributed by atoms with Crippen molar-refractivity contribution in [1.82, 2.24) is 14.7 Å². The van der Waals surface area contributed by atoms with Crippen molar-refractivity contribution in [3.05, 3.63) is 77.7 Å². The molecule has 164 valence electrons. The molecule has 1 fully saturated rings. The number of nitrogens with one attached hydrogen (secondary N) is 1. The van der Waals surface area contributed by atoms with Crippen LogP contribution in [-0.2, 0) is 12.1 Å². The summed E-state index contributed by atoms with van der Waals surface area (Å²) in [6, 6.07) is 18.3. The fourth-order valence-electron chi connectivity index (χ4n) is 4.20. The molecule has 0 spiro atoms. The molecule has 0 atom stereocenters. The Labute approximate surface area is 186 Å². The van der Waals surface area contributed by atoms with E-state index >= 15 is 0 Å². The molecule has 1 aromatic heterocycles. The summed E-state index contributed by atoms with van der Waals surface area (Å²) >= 11 is 0. The van der Waals surface area contributed by atoms with Gasteiger partial charge < -0.3 is 11.1 Å². The number of amides is 1. The number of benzene rings is 2. The molecule has 0 unspecified atom stereocenters. The number of hydrogen-bond donors (Lipinski definition) is 2. The molecular formula is C24H25FN6O. The highest BCUT2D eigenvalue weighted by Crippen LogP contribution is 2.35. The first-order valence-electron chi connectivity index (χ1n) is 10.5. The molecule has 3 aromatic rings. The third-order valence-electron chi connectivity index (χ3n) is 5.99. The zero-order valence-electron chi connectivity index (χ0n) is 17.7.